The van der Waals surface area contributed by atoms with Gasteiger partial charge in [0.05, 0.1) is 12.2 Å². The lowest BCUT2D eigenvalue weighted by Gasteiger charge is -2.07. The predicted molar refractivity (Wildman–Crippen MR) is 78.1 cm³/mol. The molecule has 1 aromatic carbocycles. The Labute approximate surface area is 115 Å². The number of hydrogen-bond acceptors (Lipinski definition) is 3. The zero-order chi connectivity index (χ0) is 13.8. The van der Waals surface area contributed by atoms with E-state index in [-0.39, 0.29) is 6.04 Å². The van der Waals surface area contributed by atoms with Crippen LogP contribution in [0.1, 0.15) is 51.1 Å². The van der Waals surface area contributed by atoms with Gasteiger partial charge in [0.25, 0.3) is 0 Å². The van der Waals surface area contributed by atoms with E-state index in [1.807, 2.05) is 0 Å². The monoisotopic (exact) mass is 258 g/mol. The minimum absolute atomic E-state index is 0.147. The van der Waals surface area contributed by atoms with Crippen LogP contribution < -0.4 is 5.32 Å². The van der Waals surface area contributed by atoms with Crippen molar-refractivity contribution in [3.63, 3.8) is 0 Å². The molecule has 2 aromatic rings. The van der Waals surface area contributed by atoms with E-state index in [1.165, 1.54) is 5.56 Å². The molecule has 2 rings (SSSR count). The van der Waals surface area contributed by atoms with Crippen LogP contribution in [0.4, 0.5) is 0 Å². The number of aromatic nitrogens is 1. The van der Waals surface area contributed by atoms with Gasteiger partial charge in [0.2, 0.25) is 5.89 Å². The molecule has 0 saturated heterocycles. The number of nitrogens with zero attached hydrogens (tertiary/aromatic N) is 1. The van der Waals surface area contributed by atoms with Crippen molar-refractivity contribution < 1.29 is 4.42 Å². The topological polar surface area (TPSA) is 38.1 Å². The van der Waals surface area contributed by atoms with Crippen LogP contribution in [-0.2, 0) is 0 Å². The van der Waals surface area contributed by atoms with Crippen molar-refractivity contribution in [3.8, 4) is 11.3 Å². The van der Waals surface area contributed by atoms with Gasteiger partial charge >= 0.3 is 0 Å². The smallest absolute Gasteiger partial charge is 0.211 e. The summed E-state index contributed by atoms with van der Waals surface area (Å²) in [5.74, 6) is 2.12. The molecule has 3 heteroatoms. The average molecular weight is 258 g/mol. The van der Waals surface area contributed by atoms with Gasteiger partial charge in [-0.1, -0.05) is 45.0 Å². The Kier molecular flexibility index (Phi) is 4.38. The van der Waals surface area contributed by atoms with Crippen molar-refractivity contribution >= 4 is 0 Å². The fraction of sp³-hybridized carbons (Fsp3) is 0.438. The predicted octanol–water partition coefficient (Wildman–Crippen LogP) is 4.14. The van der Waals surface area contributed by atoms with Crippen molar-refractivity contribution in [2.75, 3.05) is 6.54 Å². The van der Waals surface area contributed by atoms with Crippen LogP contribution >= 0.6 is 0 Å². The lowest BCUT2D eigenvalue weighted by Crippen LogP contribution is -2.17. The maximum Gasteiger partial charge on any atom is 0.211 e. The van der Waals surface area contributed by atoms with Crippen molar-refractivity contribution in [1.82, 2.24) is 10.3 Å². The van der Waals surface area contributed by atoms with Gasteiger partial charge in [0.15, 0.2) is 5.76 Å². The highest BCUT2D eigenvalue weighted by molar-refractivity contribution is 5.56. The van der Waals surface area contributed by atoms with Crippen molar-refractivity contribution in [3.05, 3.63) is 41.9 Å². The third-order valence-electron chi connectivity index (χ3n) is 3.27. The first-order valence-corrected chi connectivity index (χ1v) is 6.91. The molecule has 1 aromatic heterocycles. The van der Waals surface area contributed by atoms with E-state index >= 15 is 0 Å². The third kappa shape index (κ3) is 3.24. The first-order chi connectivity index (χ1) is 9.11. The highest BCUT2D eigenvalue weighted by atomic mass is 16.4. The van der Waals surface area contributed by atoms with E-state index in [2.05, 4.69) is 62.3 Å². The Morgan fingerprint density at radius 2 is 1.84 bits per heavy atom. The molecule has 0 saturated carbocycles. The lowest BCUT2D eigenvalue weighted by molar-refractivity contribution is 0.429. The number of rotatable bonds is 5. The Hall–Kier alpha value is -1.61. The molecule has 102 valence electrons. The van der Waals surface area contributed by atoms with Gasteiger partial charge in [0, 0.05) is 5.56 Å². The summed E-state index contributed by atoms with van der Waals surface area (Å²) in [6.07, 6.45) is 1.80. The summed E-state index contributed by atoms with van der Waals surface area (Å²) in [5.41, 5.74) is 2.41. The van der Waals surface area contributed by atoms with Crippen LogP contribution in [0.3, 0.4) is 0 Å². The zero-order valence-electron chi connectivity index (χ0n) is 12.1. The standard InChI is InChI=1S/C16H22N2O/c1-5-17-12(4)16-18-10-15(19-16)14-8-6-13(7-9-14)11(2)3/h6-12,17H,5H2,1-4H3. The van der Waals surface area contributed by atoms with Gasteiger partial charge in [-0.2, -0.15) is 0 Å². The molecular weight excluding hydrogens is 236 g/mol. The van der Waals surface area contributed by atoms with Gasteiger partial charge in [-0.05, 0) is 24.9 Å². The van der Waals surface area contributed by atoms with Gasteiger partial charge in [-0.15, -0.1) is 0 Å². The molecule has 0 amide bonds. The van der Waals surface area contributed by atoms with E-state index in [4.69, 9.17) is 4.42 Å². The van der Waals surface area contributed by atoms with Crippen molar-refractivity contribution in [1.29, 1.82) is 0 Å². The largest absolute Gasteiger partial charge is 0.439 e. The van der Waals surface area contributed by atoms with Crippen molar-refractivity contribution in [2.45, 2.75) is 39.7 Å². The molecule has 0 radical (unpaired) electrons. The summed E-state index contributed by atoms with van der Waals surface area (Å²) in [7, 11) is 0. The minimum Gasteiger partial charge on any atom is -0.439 e. The first-order valence-electron chi connectivity index (χ1n) is 6.91. The summed E-state index contributed by atoms with van der Waals surface area (Å²) < 4.78 is 5.81. The van der Waals surface area contributed by atoms with Gasteiger partial charge in [-0.25, -0.2) is 4.98 Å². The molecule has 1 heterocycles. The van der Waals surface area contributed by atoms with Gasteiger partial charge in [0.1, 0.15) is 0 Å². The van der Waals surface area contributed by atoms with Crippen molar-refractivity contribution in [2.24, 2.45) is 0 Å². The van der Waals surface area contributed by atoms with Crippen LogP contribution in [0.15, 0.2) is 34.9 Å². The van der Waals surface area contributed by atoms with E-state index < -0.39 is 0 Å². The van der Waals surface area contributed by atoms with Crippen LogP contribution in [-0.4, -0.2) is 11.5 Å². The van der Waals surface area contributed by atoms with E-state index in [0.29, 0.717) is 5.92 Å². The fourth-order valence-corrected chi connectivity index (χ4v) is 2.05. The molecule has 0 fully saturated rings. The quantitative estimate of drug-likeness (QED) is 0.876. The first kappa shape index (κ1) is 13.8. The Balaban J connectivity index is 2.18. The number of benzene rings is 1. The van der Waals surface area contributed by atoms with Crippen LogP contribution in [0.2, 0.25) is 0 Å². The summed E-state index contributed by atoms with van der Waals surface area (Å²) in [5, 5.41) is 3.29. The molecule has 1 unspecified atom stereocenters. The Bertz CT molecular complexity index is 514. The summed E-state index contributed by atoms with van der Waals surface area (Å²) in [4.78, 5) is 4.34. The summed E-state index contributed by atoms with van der Waals surface area (Å²) in [6, 6.07) is 8.63. The normalized spacial score (nSPS) is 12.9. The summed E-state index contributed by atoms with van der Waals surface area (Å²) >= 11 is 0. The van der Waals surface area contributed by atoms with Crippen LogP contribution in [0, 0.1) is 0 Å². The second kappa shape index (κ2) is 6.02. The Morgan fingerprint density at radius 1 is 1.16 bits per heavy atom. The minimum atomic E-state index is 0.147. The van der Waals surface area contributed by atoms with Crippen LogP contribution in [0.5, 0.6) is 0 Å². The van der Waals surface area contributed by atoms with Gasteiger partial charge in [-0.3, -0.25) is 0 Å². The molecular formula is C16H22N2O. The molecule has 3 nitrogen and oxygen atoms in total. The number of hydrogen-bond donors (Lipinski definition) is 1. The molecule has 0 aliphatic heterocycles. The highest BCUT2D eigenvalue weighted by Gasteiger charge is 2.12. The second-order valence-corrected chi connectivity index (χ2v) is 5.12. The molecule has 0 spiro atoms. The molecule has 1 N–H and O–H groups in total. The van der Waals surface area contributed by atoms with Crippen LogP contribution in [0.25, 0.3) is 11.3 Å². The number of nitrogens with one attached hydrogen (secondary N) is 1. The van der Waals surface area contributed by atoms with E-state index in [1.54, 1.807) is 6.20 Å². The summed E-state index contributed by atoms with van der Waals surface area (Å²) in [6.45, 7) is 9.42. The molecule has 1 atom stereocenters. The SMILES string of the molecule is CCNC(C)c1ncc(-c2ccc(C(C)C)cc2)o1. The maximum atomic E-state index is 5.81. The molecule has 19 heavy (non-hydrogen) atoms. The highest BCUT2D eigenvalue weighted by Crippen LogP contribution is 2.25. The number of oxazole rings is 1. The fourth-order valence-electron chi connectivity index (χ4n) is 2.05. The van der Waals surface area contributed by atoms with Gasteiger partial charge < -0.3 is 9.73 Å². The maximum absolute atomic E-state index is 5.81. The third-order valence-corrected chi connectivity index (χ3v) is 3.27. The molecule has 0 bridgehead atoms. The lowest BCUT2D eigenvalue weighted by atomic mass is 10.0. The zero-order valence-corrected chi connectivity index (χ0v) is 12.1. The second-order valence-electron chi connectivity index (χ2n) is 5.12. The molecule has 0 aliphatic carbocycles. The Morgan fingerprint density at radius 3 is 2.42 bits per heavy atom. The van der Waals surface area contributed by atoms with E-state index in [0.717, 1.165) is 23.8 Å². The molecule has 0 aliphatic rings. The average Bonchev–Trinajstić information content (AvgIpc) is 2.89. The van der Waals surface area contributed by atoms with E-state index in [9.17, 15) is 0 Å².